The van der Waals surface area contributed by atoms with E-state index in [-0.39, 0.29) is 0 Å². The van der Waals surface area contributed by atoms with E-state index in [0.29, 0.717) is 5.56 Å². The van der Waals surface area contributed by atoms with Crippen LogP contribution < -0.4 is 0 Å². The zero-order valence-corrected chi connectivity index (χ0v) is 10.9. The van der Waals surface area contributed by atoms with Crippen molar-refractivity contribution in [3.05, 3.63) is 31.4 Å². The van der Waals surface area contributed by atoms with E-state index in [0.717, 1.165) is 22.3 Å². The Morgan fingerprint density at radius 1 is 1.00 bits per heavy atom. The maximum atomic E-state index is 11.1. The lowest BCUT2D eigenvalue weighted by Gasteiger charge is -2.14. The Labute approximate surface area is 97.5 Å². The van der Waals surface area contributed by atoms with Crippen LogP contribution in [0.2, 0.25) is 0 Å². The second-order valence-electron chi connectivity index (χ2n) is 3.49. The van der Waals surface area contributed by atoms with Gasteiger partial charge in [0.1, 0.15) is 0 Å². The van der Waals surface area contributed by atoms with Gasteiger partial charge in [-0.3, -0.25) is 0 Å². The van der Waals surface area contributed by atoms with Crippen molar-refractivity contribution in [2.24, 2.45) is 0 Å². The minimum atomic E-state index is -0.831. The van der Waals surface area contributed by atoms with Gasteiger partial charge in [0.25, 0.3) is 0 Å². The molecular weight excluding hydrogens is 291 g/mol. The molecule has 0 saturated heterocycles. The van der Waals surface area contributed by atoms with Crippen LogP contribution >= 0.6 is 22.6 Å². The van der Waals surface area contributed by atoms with Gasteiger partial charge in [0, 0.05) is 3.57 Å². The number of carboxylic acids is 1. The van der Waals surface area contributed by atoms with Gasteiger partial charge in [-0.15, -0.1) is 0 Å². The van der Waals surface area contributed by atoms with Crippen molar-refractivity contribution in [3.63, 3.8) is 0 Å². The molecule has 0 heterocycles. The summed E-state index contributed by atoms with van der Waals surface area (Å²) in [6, 6.07) is 0. The van der Waals surface area contributed by atoms with E-state index in [4.69, 9.17) is 5.11 Å². The largest absolute Gasteiger partial charge is 0.478 e. The fraction of sp³-hybridized carbons (Fsp3) is 0.364. The van der Waals surface area contributed by atoms with Crippen LogP contribution in [0, 0.1) is 31.3 Å². The molecule has 0 spiro atoms. The summed E-state index contributed by atoms with van der Waals surface area (Å²) in [7, 11) is 0. The molecule has 1 N–H and O–H groups in total. The van der Waals surface area contributed by atoms with E-state index >= 15 is 0 Å². The van der Waals surface area contributed by atoms with Crippen molar-refractivity contribution in [3.8, 4) is 0 Å². The van der Waals surface area contributed by atoms with E-state index in [9.17, 15) is 4.79 Å². The summed E-state index contributed by atoms with van der Waals surface area (Å²) >= 11 is 2.27. The third-order valence-electron chi connectivity index (χ3n) is 2.75. The van der Waals surface area contributed by atoms with Gasteiger partial charge in [-0.05, 0) is 72.5 Å². The first-order chi connectivity index (χ1) is 6.37. The number of benzene rings is 1. The fourth-order valence-corrected chi connectivity index (χ4v) is 2.40. The first-order valence-electron chi connectivity index (χ1n) is 4.37. The highest BCUT2D eigenvalue weighted by atomic mass is 127. The van der Waals surface area contributed by atoms with Gasteiger partial charge in [-0.25, -0.2) is 4.79 Å². The van der Waals surface area contributed by atoms with Gasteiger partial charge in [0.15, 0.2) is 0 Å². The van der Waals surface area contributed by atoms with Crippen molar-refractivity contribution in [1.29, 1.82) is 0 Å². The highest BCUT2D eigenvalue weighted by molar-refractivity contribution is 14.1. The lowest BCUT2D eigenvalue weighted by atomic mass is 9.94. The Hall–Kier alpha value is -0.580. The van der Waals surface area contributed by atoms with Crippen molar-refractivity contribution in [2.45, 2.75) is 27.7 Å². The summed E-state index contributed by atoms with van der Waals surface area (Å²) in [6.07, 6.45) is 0. The van der Waals surface area contributed by atoms with Crippen LogP contribution in [0.5, 0.6) is 0 Å². The Balaban J connectivity index is 3.68. The summed E-state index contributed by atoms with van der Waals surface area (Å²) in [6.45, 7) is 7.67. The molecule has 76 valence electrons. The second-order valence-corrected chi connectivity index (χ2v) is 4.57. The van der Waals surface area contributed by atoms with E-state index in [1.165, 1.54) is 3.57 Å². The number of halogens is 1. The number of carboxylic acid groups (broad SMARTS) is 1. The minimum Gasteiger partial charge on any atom is -0.478 e. The molecule has 1 aromatic rings. The smallest absolute Gasteiger partial charge is 0.336 e. The van der Waals surface area contributed by atoms with Gasteiger partial charge in [-0.2, -0.15) is 0 Å². The van der Waals surface area contributed by atoms with Crippen molar-refractivity contribution in [1.82, 2.24) is 0 Å². The molecule has 1 rings (SSSR count). The number of aromatic carboxylic acids is 1. The maximum Gasteiger partial charge on any atom is 0.336 e. The Kier molecular flexibility index (Phi) is 3.19. The zero-order valence-electron chi connectivity index (χ0n) is 8.73. The van der Waals surface area contributed by atoms with Crippen LogP contribution in [0.4, 0.5) is 0 Å². The highest BCUT2D eigenvalue weighted by Crippen LogP contribution is 2.27. The monoisotopic (exact) mass is 304 g/mol. The maximum absolute atomic E-state index is 11.1. The van der Waals surface area contributed by atoms with Crippen LogP contribution in [-0.4, -0.2) is 11.1 Å². The fourth-order valence-electron chi connectivity index (χ4n) is 1.59. The number of carbonyl (C=O) groups is 1. The Bertz CT molecular complexity index is 379. The van der Waals surface area contributed by atoms with Crippen LogP contribution in [0.15, 0.2) is 0 Å². The first kappa shape index (κ1) is 11.5. The van der Waals surface area contributed by atoms with E-state index in [1.807, 2.05) is 27.7 Å². The molecule has 1 aromatic carbocycles. The average Bonchev–Trinajstić information content (AvgIpc) is 2.11. The predicted molar refractivity (Wildman–Crippen MR) is 65.1 cm³/mol. The summed E-state index contributed by atoms with van der Waals surface area (Å²) in [5.41, 5.74) is 4.37. The number of hydrogen-bond donors (Lipinski definition) is 1. The van der Waals surface area contributed by atoms with Crippen molar-refractivity contribution >= 4 is 28.6 Å². The predicted octanol–water partition coefficient (Wildman–Crippen LogP) is 3.22. The van der Waals surface area contributed by atoms with Crippen molar-refractivity contribution < 1.29 is 9.90 Å². The molecule has 0 radical (unpaired) electrons. The standard InChI is InChI=1S/C11H13IO2/c1-5-7(3)10(12)8(4)6(2)9(5)11(13)14/h1-4H3,(H,13,14). The lowest BCUT2D eigenvalue weighted by molar-refractivity contribution is 0.0695. The molecule has 0 aliphatic rings. The normalized spacial score (nSPS) is 10.4. The third kappa shape index (κ3) is 1.65. The summed E-state index contributed by atoms with van der Waals surface area (Å²) in [4.78, 5) is 11.1. The molecule has 14 heavy (non-hydrogen) atoms. The Morgan fingerprint density at radius 3 is 1.64 bits per heavy atom. The van der Waals surface area contributed by atoms with E-state index in [2.05, 4.69) is 22.6 Å². The van der Waals surface area contributed by atoms with Crippen LogP contribution in [0.25, 0.3) is 0 Å². The molecule has 0 amide bonds. The Morgan fingerprint density at radius 2 is 1.36 bits per heavy atom. The third-order valence-corrected chi connectivity index (χ3v) is 4.37. The highest BCUT2D eigenvalue weighted by Gasteiger charge is 2.17. The molecule has 0 aliphatic heterocycles. The van der Waals surface area contributed by atoms with Crippen LogP contribution in [-0.2, 0) is 0 Å². The second kappa shape index (κ2) is 3.88. The zero-order chi connectivity index (χ0) is 11.0. The molecular formula is C11H13IO2. The van der Waals surface area contributed by atoms with Crippen LogP contribution in [0.1, 0.15) is 32.6 Å². The molecule has 3 heteroatoms. The minimum absolute atomic E-state index is 0.459. The quantitative estimate of drug-likeness (QED) is 0.809. The molecule has 0 unspecified atom stereocenters. The summed E-state index contributed by atoms with van der Waals surface area (Å²) in [5.74, 6) is -0.831. The average molecular weight is 304 g/mol. The van der Waals surface area contributed by atoms with E-state index < -0.39 is 5.97 Å². The molecule has 0 fully saturated rings. The molecule has 0 saturated carbocycles. The molecule has 2 nitrogen and oxygen atoms in total. The molecule has 0 bridgehead atoms. The molecule has 0 atom stereocenters. The van der Waals surface area contributed by atoms with Gasteiger partial charge in [0.2, 0.25) is 0 Å². The van der Waals surface area contributed by atoms with Gasteiger partial charge < -0.3 is 5.11 Å². The van der Waals surface area contributed by atoms with E-state index in [1.54, 1.807) is 0 Å². The van der Waals surface area contributed by atoms with Gasteiger partial charge >= 0.3 is 5.97 Å². The summed E-state index contributed by atoms with van der Waals surface area (Å²) < 4.78 is 1.17. The summed E-state index contributed by atoms with van der Waals surface area (Å²) in [5, 5.41) is 9.08. The number of hydrogen-bond acceptors (Lipinski definition) is 1. The number of rotatable bonds is 1. The topological polar surface area (TPSA) is 37.3 Å². The SMILES string of the molecule is Cc1c(C)c(C(=O)O)c(C)c(C)c1I. The molecule has 0 aromatic heterocycles. The first-order valence-corrected chi connectivity index (χ1v) is 5.45. The van der Waals surface area contributed by atoms with Gasteiger partial charge in [-0.1, -0.05) is 0 Å². The molecule has 0 aliphatic carbocycles. The van der Waals surface area contributed by atoms with Crippen LogP contribution in [0.3, 0.4) is 0 Å². The van der Waals surface area contributed by atoms with Gasteiger partial charge in [0.05, 0.1) is 5.56 Å². The van der Waals surface area contributed by atoms with Crippen molar-refractivity contribution in [2.75, 3.05) is 0 Å². The lowest BCUT2D eigenvalue weighted by Crippen LogP contribution is -2.08.